The van der Waals surface area contributed by atoms with Crippen molar-refractivity contribution in [2.45, 2.75) is 25.5 Å². The molecule has 2 N–H and O–H groups in total. The highest BCUT2D eigenvalue weighted by atomic mass is 16.5. The van der Waals surface area contributed by atoms with Crippen LogP contribution < -0.4 is 5.32 Å². The van der Waals surface area contributed by atoms with E-state index in [2.05, 4.69) is 5.32 Å². The Labute approximate surface area is 84.0 Å². The van der Waals surface area contributed by atoms with E-state index in [1.54, 1.807) is 14.0 Å². The lowest BCUT2D eigenvalue weighted by Crippen LogP contribution is -2.45. The molecule has 82 valence electrons. The molecule has 1 fully saturated rings. The fourth-order valence-electron chi connectivity index (χ4n) is 1.41. The van der Waals surface area contributed by atoms with Gasteiger partial charge in [-0.15, -0.1) is 0 Å². The molecule has 5 nitrogen and oxygen atoms in total. The minimum absolute atomic E-state index is 0.124. The van der Waals surface area contributed by atoms with Crippen molar-refractivity contribution in [3.05, 3.63) is 0 Å². The maximum Gasteiger partial charge on any atom is 0.317 e. The summed E-state index contributed by atoms with van der Waals surface area (Å²) in [5.41, 5.74) is 0. The van der Waals surface area contributed by atoms with Crippen LogP contribution in [0.2, 0.25) is 0 Å². The van der Waals surface area contributed by atoms with Crippen molar-refractivity contribution in [3.8, 4) is 0 Å². The van der Waals surface area contributed by atoms with Gasteiger partial charge in [-0.2, -0.15) is 0 Å². The summed E-state index contributed by atoms with van der Waals surface area (Å²) in [6.45, 7) is 3.31. The Morgan fingerprint density at radius 3 is 3.00 bits per heavy atom. The predicted octanol–water partition coefficient (Wildman–Crippen LogP) is -0.203. The molecule has 5 heteroatoms. The summed E-state index contributed by atoms with van der Waals surface area (Å²) in [5, 5.41) is 11.9. The molecule has 0 aliphatic carbocycles. The molecule has 0 spiro atoms. The van der Waals surface area contributed by atoms with E-state index in [0.29, 0.717) is 19.8 Å². The summed E-state index contributed by atoms with van der Waals surface area (Å²) < 4.78 is 5.14. The van der Waals surface area contributed by atoms with Crippen LogP contribution in [0.1, 0.15) is 13.3 Å². The number of nitrogens with zero attached hydrogens (tertiary/aromatic N) is 1. The molecule has 1 aliphatic rings. The van der Waals surface area contributed by atoms with E-state index in [1.165, 1.54) is 4.90 Å². The third-order valence-corrected chi connectivity index (χ3v) is 2.14. The number of nitrogens with one attached hydrogen (secondary N) is 1. The number of hydrogen-bond acceptors (Lipinski definition) is 3. The molecule has 2 amide bonds. The van der Waals surface area contributed by atoms with Crippen LogP contribution in [0, 0.1) is 0 Å². The summed E-state index contributed by atoms with van der Waals surface area (Å²) >= 11 is 0. The molecule has 2 unspecified atom stereocenters. The average molecular weight is 202 g/mol. The number of carbonyl (C=O) groups is 1. The number of likely N-dealkylation sites (N-methyl/N-ethyl adjacent to an activating group) is 1. The van der Waals surface area contributed by atoms with Crippen molar-refractivity contribution in [2.24, 2.45) is 0 Å². The van der Waals surface area contributed by atoms with Gasteiger partial charge in [0.05, 0.1) is 18.8 Å². The Bertz CT molecular complexity index is 190. The van der Waals surface area contributed by atoms with Crippen molar-refractivity contribution >= 4 is 6.03 Å². The van der Waals surface area contributed by atoms with Crippen LogP contribution in [0.5, 0.6) is 0 Å². The fourth-order valence-corrected chi connectivity index (χ4v) is 1.41. The number of hydrogen-bond donors (Lipinski definition) is 2. The summed E-state index contributed by atoms with van der Waals surface area (Å²) in [5.74, 6) is 0. The van der Waals surface area contributed by atoms with E-state index < -0.39 is 6.10 Å². The Morgan fingerprint density at radius 1 is 1.79 bits per heavy atom. The highest BCUT2D eigenvalue weighted by molar-refractivity contribution is 5.74. The fraction of sp³-hybridized carbons (Fsp3) is 0.889. The minimum atomic E-state index is -0.495. The molecule has 1 heterocycles. The van der Waals surface area contributed by atoms with E-state index in [0.717, 1.165) is 6.42 Å². The standard InChI is InChI=1S/C9H18N2O3/c1-7(12)5-11(2)9(13)10-8-3-4-14-6-8/h7-8,12H,3-6H2,1-2H3,(H,10,13). The number of rotatable bonds is 3. The maximum absolute atomic E-state index is 11.5. The Morgan fingerprint density at radius 2 is 2.50 bits per heavy atom. The highest BCUT2D eigenvalue weighted by Crippen LogP contribution is 2.03. The van der Waals surface area contributed by atoms with Crippen LogP contribution in [0.4, 0.5) is 4.79 Å². The van der Waals surface area contributed by atoms with E-state index >= 15 is 0 Å². The van der Waals surface area contributed by atoms with Crippen molar-refractivity contribution in [2.75, 3.05) is 26.8 Å². The van der Waals surface area contributed by atoms with Crippen molar-refractivity contribution in [1.29, 1.82) is 0 Å². The summed E-state index contributed by atoms with van der Waals surface area (Å²) in [7, 11) is 1.66. The normalized spacial score (nSPS) is 23.2. The van der Waals surface area contributed by atoms with Crippen LogP contribution in [-0.4, -0.2) is 55.0 Å². The molecule has 0 radical (unpaired) electrons. The van der Waals surface area contributed by atoms with Gasteiger partial charge in [-0.25, -0.2) is 4.79 Å². The van der Waals surface area contributed by atoms with Gasteiger partial charge >= 0.3 is 6.03 Å². The van der Waals surface area contributed by atoms with E-state index in [9.17, 15) is 4.79 Å². The molecule has 14 heavy (non-hydrogen) atoms. The van der Waals surface area contributed by atoms with Gasteiger partial charge in [0, 0.05) is 20.2 Å². The first-order valence-electron chi connectivity index (χ1n) is 4.87. The summed E-state index contributed by atoms with van der Waals surface area (Å²) in [6, 6.07) is -0.0275. The molecule has 0 saturated carbocycles. The number of carbonyl (C=O) groups excluding carboxylic acids is 1. The van der Waals surface area contributed by atoms with Crippen molar-refractivity contribution < 1.29 is 14.6 Å². The summed E-state index contributed by atoms with van der Waals surface area (Å²) in [4.78, 5) is 13.0. The second-order valence-corrected chi connectivity index (χ2v) is 3.74. The molecule has 0 aromatic carbocycles. The first kappa shape index (κ1) is 11.3. The molecule has 0 aromatic heterocycles. The molecule has 2 atom stereocenters. The third kappa shape index (κ3) is 3.51. The lowest BCUT2D eigenvalue weighted by molar-refractivity contribution is 0.141. The molecule has 0 aromatic rings. The van der Waals surface area contributed by atoms with Crippen LogP contribution in [0.25, 0.3) is 0 Å². The minimum Gasteiger partial charge on any atom is -0.392 e. The Balaban J connectivity index is 2.25. The topological polar surface area (TPSA) is 61.8 Å². The SMILES string of the molecule is CC(O)CN(C)C(=O)NC1CCOC1. The van der Waals surface area contributed by atoms with Gasteiger partial charge in [0.15, 0.2) is 0 Å². The first-order valence-corrected chi connectivity index (χ1v) is 4.87. The average Bonchev–Trinajstić information content (AvgIpc) is 2.55. The zero-order valence-electron chi connectivity index (χ0n) is 8.69. The monoisotopic (exact) mass is 202 g/mol. The second kappa shape index (κ2) is 5.17. The molecular formula is C9H18N2O3. The quantitative estimate of drug-likeness (QED) is 0.666. The molecule has 1 saturated heterocycles. The lowest BCUT2D eigenvalue weighted by Gasteiger charge is -2.21. The smallest absolute Gasteiger partial charge is 0.317 e. The number of aliphatic hydroxyl groups excluding tert-OH is 1. The van der Waals surface area contributed by atoms with E-state index in [4.69, 9.17) is 9.84 Å². The molecule has 1 rings (SSSR count). The first-order chi connectivity index (χ1) is 6.59. The van der Waals surface area contributed by atoms with Crippen LogP contribution in [0.15, 0.2) is 0 Å². The number of amides is 2. The third-order valence-electron chi connectivity index (χ3n) is 2.14. The zero-order chi connectivity index (χ0) is 10.6. The molecule has 1 aliphatic heterocycles. The van der Waals surface area contributed by atoms with Gasteiger partial charge in [-0.05, 0) is 13.3 Å². The van der Waals surface area contributed by atoms with Gasteiger partial charge in [-0.1, -0.05) is 0 Å². The number of ether oxygens (including phenoxy) is 1. The van der Waals surface area contributed by atoms with Crippen LogP contribution in [-0.2, 0) is 4.74 Å². The second-order valence-electron chi connectivity index (χ2n) is 3.74. The molecule has 0 bridgehead atoms. The van der Waals surface area contributed by atoms with Crippen molar-refractivity contribution in [3.63, 3.8) is 0 Å². The zero-order valence-corrected chi connectivity index (χ0v) is 8.69. The van der Waals surface area contributed by atoms with Crippen LogP contribution in [0.3, 0.4) is 0 Å². The van der Waals surface area contributed by atoms with Gasteiger partial charge < -0.3 is 20.1 Å². The lowest BCUT2D eigenvalue weighted by atomic mass is 10.3. The van der Waals surface area contributed by atoms with E-state index in [1.807, 2.05) is 0 Å². The van der Waals surface area contributed by atoms with Gasteiger partial charge in [0.1, 0.15) is 0 Å². The maximum atomic E-state index is 11.5. The van der Waals surface area contributed by atoms with Gasteiger partial charge in [0.25, 0.3) is 0 Å². The molecular weight excluding hydrogens is 184 g/mol. The van der Waals surface area contributed by atoms with Gasteiger partial charge in [-0.3, -0.25) is 0 Å². The van der Waals surface area contributed by atoms with Crippen molar-refractivity contribution in [1.82, 2.24) is 10.2 Å². The summed E-state index contributed by atoms with van der Waals surface area (Å²) in [6.07, 6.45) is 0.374. The Kier molecular flexibility index (Phi) is 4.16. The Hall–Kier alpha value is -0.810. The highest BCUT2D eigenvalue weighted by Gasteiger charge is 2.19. The largest absolute Gasteiger partial charge is 0.392 e. The van der Waals surface area contributed by atoms with E-state index in [-0.39, 0.29) is 12.1 Å². The predicted molar refractivity (Wildman–Crippen MR) is 52.1 cm³/mol. The van der Waals surface area contributed by atoms with Crippen LogP contribution >= 0.6 is 0 Å². The number of aliphatic hydroxyl groups is 1. The van der Waals surface area contributed by atoms with Gasteiger partial charge in [0.2, 0.25) is 0 Å². The number of urea groups is 1.